The molecule has 5 N–H and O–H groups in total. The number of hydrogen-bond acceptors (Lipinski definition) is 9. The summed E-state index contributed by atoms with van der Waals surface area (Å²) in [6.45, 7) is 0.868. The van der Waals surface area contributed by atoms with Gasteiger partial charge in [-0.3, -0.25) is 4.79 Å². The summed E-state index contributed by atoms with van der Waals surface area (Å²) in [5, 5.41) is 41.0. The molecule has 0 bridgehead atoms. The van der Waals surface area contributed by atoms with E-state index < -0.39 is 49.1 Å². The van der Waals surface area contributed by atoms with Gasteiger partial charge in [-0.1, -0.05) is 0 Å². The number of carbonyl (C=O) groups is 2. The zero-order valence-electron chi connectivity index (χ0n) is 14.3. The Morgan fingerprint density at radius 1 is 1.20 bits per heavy atom. The summed E-state index contributed by atoms with van der Waals surface area (Å²) in [5.74, 6) is 0.136. The number of methoxy groups -OCH3 is 1. The molecule has 0 saturated carbocycles. The fourth-order valence-corrected chi connectivity index (χ4v) is 3.55. The maximum Gasteiger partial charge on any atom is 0.329 e. The Bertz CT molecular complexity index is 436. The highest BCUT2D eigenvalue weighted by Crippen LogP contribution is 2.24. The van der Waals surface area contributed by atoms with Gasteiger partial charge in [0.2, 0.25) is 5.91 Å². The number of hydrogen-bond donors (Lipinski definition) is 5. The number of ether oxygens (including phenoxy) is 2. The quantitative estimate of drug-likeness (QED) is 0.226. The molecule has 1 heterocycles. The van der Waals surface area contributed by atoms with Crippen molar-refractivity contribution >= 4 is 23.6 Å². The van der Waals surface area contributed by atoms with Crippen LogP contribution in [0.5, 0.6) is 0 Å². The molecule has 10 heteroatoms. The van der Waals surface area contributed by atoms with Crippen LogP contribution in [-0.2, 0) is 19.1 Å². The van der Waals surface area contributed by atoms with Crippen LogP contribution in [0.3, 0.4) is 0 Å². The van der Waals surface area contributed by atoms with Crippen molar-refractivity contribution in [3.8, 4) is 0 Å². The molecule has 9 nitrogen and oxygen atoms in total. The number of rotatable bonds is 9. The van der Waals surface area contributed by atoms with Crippen molar-refractivity contribution in [2.45, 2.75) is 56.3 Å². The minimum absolute atomic E-state index is 0.322. The molecule has 1 aliphatic heterocycles. The largest absolute Gasteiger partial charge is 0.467 e. The molecule has 0 unspecified atom stereocenters. The highest BCUT2D eigenvalue weighted by Gasteiger charge is 2.42. The average Bonchev–Trinajstić information content (AvgIpc) is 2.59. The van der Waals surface area contributed by atoms with E-state index in [4.69, 9.17) is 9.84 Å². The van der Waals surface area contributed by atoms with Crippen molar-refractivity contribution in [1.29, 1.82) is 0 Å². The van der Waals surface area contributed by atoms with E-state index in [0.29, 0.717) is 24.3 Å². The van der Waals surface area contributed by atoms with Crippen LogP contribution in [0.4, 0.5) is 0 Å². The van der Waals surface area contributed by atoms with E-state index in [-0.39, 0.29) is 5.91 Å². The van der Waals surface area contributed by atoms with Crippen LogP contribution in [0.1, 0.15) is 19.8 Å². The van der Waals surface area contributed by atoms with Crippen LogP contribution in [0.25, 0.3) is 0 Å². The second kappa shape index (κ2) is 10.9. The van der Waals surface area contributed by atoms with Crippen LogP contribution in [0, 0.1) is 0 Å². The lowest BCUT2D eigenvalue weighted by molar-refractivity contribution is -0.230. The fourth-order valence-electron chi connectivity index (χ4n) is 2.56. The lowest BCUT2D eigenvalue weighted by atomic mass is 9.93. The van der Waals surface area contributed by atoms with Crippen LogP contribution in [0.15, 0.2) is 0 Å². The second-order valence-electron chi connectivity index (χ2n) is 5.86. The molecule has 1 fully saturated rings. The Morgan fingerprint density at radius 2 is 1.84 bits per heavy atom. The molecule has 0 aromatic rings. The third kappa shape index (κ3) is 6.72. The first-order valence-electron chi connectivity index (χ1n) is 8.05. The molecule has 1 amide bonds. The zero-order valence-corrected chi connectivity index (χ0v) is 15.1. The zero-order chi connectivity index (χ0) is 19.0. The molecule has 1 aliphatic rings. The minimum Gasteiger partial charge on any atom is -0.467 e. The lowest BCUT2D eigenvalue weighted by Gasteiger charge is -2.40. The number of aliphatic hydroxyl groups is 4. The van der Waals surface area contributed by atoms with E-state index in [1.807, 2.05) is 0 Å². The van der Waals surface area contributed by atoms with Gasteiger partial charge in [-0.2, -0.15) is 11.8 Å². The predicted octanol–water partition coefficient (Wildman–Crippen LogP) is -1.98. The number of thioether (sulfide) groups is 1. The van der Waals surface area contributed by atoms with Crippen molar-refractivity contribution in [2.75, 3.05) is 25.2 Å². The molecular formula is C15H27NO8S. The summed E-state index contributed by atoms with van der Waals surface area (Å²) in [5.41, 5.74) is 0. The van der Waals surface area contributed by atoms with Crippen molar-refractivity contribution < 1.29 is 39.5 Å². The molecule has 1 rings (SSSR count). The molecule has 6 atom stereocenters. The minimum atomic E-state index is -1.37. The summed E-state index contributed by atoms with van der Waals surface area (Å²) < 4.78 is 10.0. The summed E-state index contributed by atoms with van der Waals surface area (Å²) in [6, 6.07) is -0.722. The van der Waals surface area contributed by atoms with Crippen LogP contribution in [0.2, 0.25) is 0 Å². The maximum atomic E-state index is 11.6. The SMILES string of the molecule is COC(=O)[C@H](CSCCC[C@@H]1O[C@H](CO)[C@H](O)[C@H](O)[C@H]1O)NC(C)=O. The third-order valence-electron chi connectivity index (χ3n) is 3.92. The highest BCUT2D eigenvalue weighted by atomic mass is 32.2. The van der Waals surface area contributed by atoms with Gasteiger partial charge in [0.1, 0.15) is 30.5 Å². The van der Waals surface area contributed by atoms with E-state index in [0.717, 1.165) is 0 Å². The molecule has 0 spiro atoms. The molecule has 0 aromatic carbocycles. The number of carbonyl (C=O) groups excluding carboxylic acids is 2. The van der Waals surface area contributed by atoms with Crippen LogP contribution < -0.4 is 5.32 Å². The number of nitrogens with one attached hydrogen (secondary N) is 1. The maximum absolute atomic E-state index is 11.6. The van der Waals surface area contributed by atoms with E-state index in [1.165, 1.54) is 25.8 Å². The van der Waals surface area contributed by atoms with E-state index in [9.17, 15) is 24.9 Å². The smallest absolute Gasteiger partial charge is 0.329 e. The molecule has 25 heavy (non-hydrogen) atoms. The molecule has 0 radical (unpaired) electrons. The van der Waals surface area contributed by atoms with Crippen molar-refractivity contribution in [3.05, 3.63) is 0 Å². The average molecular weight is 381 g/mol. The van der Waals surface area contributed by atoms with Crippen LogP contribution >= 0.6 is 11.8 Å². The first-order chi connectivity index (χ1) is 11.8. The predicted molar refractivity (Wildman–Crippen MR) is 89.9 cm³/mol. The monoisotopic (exact) mass is 381 g/mol. The third-order valence-corrected chi connectivity index (χ3v) is 5.06. The Hall–Kier alpha value is -0.910. The van der Waals surface area contributed by atoms with Crippen molar-refractivity contribution in [1.82, 2.24) is 5.32 Å². The van der Waals surface area contributed by atoms with Gasteiger partial charge in [0, 0.05) is 12.7 Å². The molecule has 1 saturated heterocycles. The molecule has 0 aromatic heterocycles. The van der Waals surface area contributed by atoms with Crippen molar-refractivity contribution in [2.24, 2.45) is 0 Å². The van der Waals surface area contributed by atoms with Gasteiger partial charge in [-0.25, -0.2) is 4.79 Å². The molecule has 0 aliphatic carbocycles. The normalized spacial score (nSPS) is 30.6. The van der Waals surface area contributed by atoms with Gasteiger partial charge in [-0.15, -0.1) is 0 Å². The molecular weight excluding hydrogens is 354 g/mol. The number of aliphatic hydroxyl groups excluding tert-OH is 4. The Kier molecular flexibility index (Phi) is 9.69. The van der Waals surface area contributed by atoms with Crippen LogP contribution in [-0.4, -0.2) is 94.1 Å². The fraction of sp³-hybridized carbons (Fsp3) is 0.867. The van der Waals surface area contributed by atoms with Gasteiger partial charge >= 0.3 is 5.97 Å². The highest BCUT2D eigenvalue weighted by molar-refractivity contribution is 7.99. The van der Waals surface area contributed by atoms with Gasteiger partial charge in [0.15, 0.2) is 0 Å². The van der Waals surface area contributed by atoms with E-state index >= 15 is 0 Å². The standard InChI is InChI=1S/C15H27NO8S/c1-8(18)16-9(15(22)23-2)7-25-5-3-4-10-12(19)14(21)13(20)11(6-17)24-10/h9-14,17,19-21H,3-7H2,1-2H3,(H,16,18)/t9-,10-,11+,12-,13-,14+/m0/s1. The number of esters is 1. The van der Waals surface area contributed by atoms with Gasteiger partial charge in [0.05, 0.1) is 19.8 Å². The van der Waals surface area contributed by atoms with E-state index in [1.54, 1.807) is 0 Å². The summed E-state index contributed by atoms with van der Waals surface area (Å²) in [4.78, 5) is 22.6. The second-order valence-corrected chi connectivity index (χ2v) is 7.01. The Labute approximate surface area is 150 Å². The summed E-state index contributed by atoms with van der Waals surface area (Å²) in [7, 11) is 1.25. The first-order valence-corrected chi connectivity index (χ1v) is 9.20. The Morgan fingerprint density at radius 3 is 2.40 bits per heavy atom. The summed E-state index contributed by atoms with van der Waals surface area (Å²) in [6.07, 6.45) is -4.53. The Balaban J connectivity index is 2.36. The van der Waals surface area contributed by atoms with E-state index in [2.05, 4.69) is 10.1 Å². The van der Waals surface area contributed by atoms with Gasteiger partial charge in [0.25, 0.3) is 0 Å². The number of amides is 1. The molecule has 146 valence electrons. The lowest BCUT2D eigenvalue weighted by Crippen LogP contribution is -2.58. The van der Waals surface area contributed by atoms with Gasteiger partial charge in [-0.05, 0) is 18.6 Å². The topological polar surface area (TPSA) is 146 Å². The van der Waals surface area contributed by atoms with Crippen molar-refractivity contribution in [3.63, 3.8) is 0 Å². The van der Waals surface area contributed by atoms with Gasteiger partial charge < -0.3 is 35.2 Å². The first kappa shape index (κ1) is 22.1. The summed E-state index contributed by atoms with van der Waals surface area (Å²) >= 11 is 1.43.